The summed E-state index contributed by atoms with van der Waals surface area (Å²) >= 11 is 6.42. The predicted octanol–water partition coefficient (Wildman–Crippen LogP) is 5.46. The number of hydrogen-bond acceptors (Lipinski definition) is 5. The molecule has 1 N–H and O–H groups in total. The number of aromatic nitrogens is 2. The Balaban J connectivity index is 1.61. The molecule has 1 heterocycles. The third-order valence-electron chi connectivity index (χ3n) is 3.53. The molecule has 0 radical (unpaired) electrons. The lowest BCUT2D eigenvalue weighted by atomic mass is 10.1. The van der Waals surface area contributed by atoms with E-state index in [-0.39, 0.29) is 5.91 Å². The van der Waals surface area contributed by atoms with E-state index in [1.807, 2.05) is 44.2 Å². The van der Waals surface area contributed by atoms with Gasteiger partial charge in [-0.15, -0.1) is 10.2 Å². The van der Waals surface area contributed by atoms with Crippen LogP contribution in [0.1, 0.15) is 27.0 Å². The second-order valence-electron chi connectivity index (χ2n) is 5.56. The Kier molecular flexibility index (Phi) is 5.88. The third-order valence-corrected chi connectivity index (χ3v) is 6.10. The maximum Gasteiger partial charge on any atom is 0.257 e. The van der Waals surface area contributed by atoms with Gasteiger partial charge in [-0.1, -0.05) is 68.9 Å². The topological polar surface area (TPSA) is 54.9 Å². The number of amides is 1. The number of carbonyl (C=O) groups is 1. The number of aryl methyl sites for hydroxylation is 2. The van der Waals surface area contributed by atoms with Crippen LogP contribution in [0.15, 0.2) is 51.3 Å². The highest BCUT2D eigenvalue weighted by Crippen LogP contribution is 2.29. The van der Waals surface area contributed by atoms with Gasteiger partial charge < -0.3 is 0 Å². The molecule has 0 fully saturated rings. The van der Waals surface area contributed by atoms with Crippen molar-refractivity contribution in [2.45, 2.75) is 23.9 Å². The Morgan fingerprint density at radius 3 is 2.64 bits per heavy atom. The minimum atomic E-state index is -0.155. The number of nitrogens with one attached hydrogen (secondary N) is 1. The predicted molar refractivity (Wildman–Crippen MR) is 107 cm³/mol. The van der Waals surface area contributed by atoms with Crippen LogP contribution in [-0.4, -0.2) is 16.1 Å². The smallest absolute Gasteiger partial charge is 0.257 e. The highest BCUT2D eigenvalue weighted by Gasteiger charge is 2.12. The zero-order chi connectivity index (χ0) is 17.8. The van der Waals surface area contributed by atoms with E-state index in [9.17, 15) is 4.79 Å². The molecule has 0 spiro atoms. The number of halogens is 1. The first-order chi connectivity index (χ1) is 12.0. The van der Waals surface area contributed by atoms with Crippen LogP contribution in [0.2, 0.25) is 0 Å². The van der Waals surface area contributed by atoms with E-state index in [0.29, 0.717) is 10.7 Å². The van der Waals surface area contributed by atoms with Gasteiger partial charge in [0.05, 0.1) is 0 Å². The maximum absolute atomic E-state index is 12.4. The van der Waals surface area contributed by atoms with E-state index < -0.39 is 0 Å². The van der Waals surface area contributed by atoms with Crippen LogP contribution in [0.5, 0.6) is 0 Å². The summed E-state index contributed by atoms with van der Waals surface area (Å²) in [6.45, 7) is 3.94. The standard InChI is InChI=1S/C18H16BrN3OS2/c1-11-3-8-15(12(2)9-11)16(23)20-17-21-22-18(25-17)24-10-13-4-6-14(19)7-5-13/h3-9H,10H2,1-2H3,(H,20,21,23). The Morgan fingerprint density at radius 2 is 1.92 bits per heavy atom. The second kappa shape index (κ2) is 8.12. The van der Waals surface area contributed by atoms with E-state index in [1.54, 1.807) is 11.8 Å². The molecule has 0 atom stereocenters. The Hall–Kier alpha value is -1.70. The fraction of sp³-hybridized carbons (Fsp3) is 0.167. The first-order valence-corrected chi connectivity index (χ1v) is 10.2. The average molecular weight is 434 g/mol. The lowest BCUT2D eigenvalue weighted by Gasteiger charge is -2.05. The molecule has 7 heteroatoms. The van der Waals surface area contributed by atoms with E-state index >= 15 is 0 Å². The molecule has 0 unspecified atom stereocenters. The van der Waals surface area contributed by atoms with Gasteiger partial charge >= 0.3 is 0 Å². The van der Waals surface area contributed by atoms with Crippen molar-refractivity contribution in [2.75, 3.05) is 5.32 Å². The number of thioether (sulfide) groups is 1. The zero-order valence-electron chi connectivity index (χ0n) is 13.7. The molecule has 4 nitrogen and oxygen atoms in total. The molecule has 1 amide bonds. The van der Waals surface area contributed by atoms with Crippen LogP contribution < -0.4 is 5.32 Å². The maximum atomic E-state index is 12.4. The minimum absolute atomic E-state index is 0.155. The van der Waals surface area contributed by atoms with E-state index in [4.69, 9.17) is 0 Å². The number of hydrogen-bond donors (Lipinski definition) is 1. The second-order valence-corrected chi connectivity index (χ2v) is 8.68. The van der Waals surface area contributed by atoms with Gasteiger partial charge in [0, 0.05) is 15.8 Å². The molecule has 0 saturated heterocycles. The van der Waals surface area contributed by atoms with Crippen LogP contribution in [0.25, 0.3) is 0 Å². The SMILES string of the molecule is Cc1ccc(C(=O)Nc2nnc(SCc3ccc(Br)cc3)s2)c(C)c1. The molecule has 0 aliphatic heterocycles. The van der Waals surface area contributed by atoms with E-state index in [2.05, 4.69) is 43.6 Å². The van der Waals surface area contributed by atoms with E-state index in [0.717, 1.165) is 25.7 Å². The summed E-state index contributed by atoms with van der Waals surface area (Å²) in [5.41, 5.74) is 3.96. The van der Waals surface area contributed by atoms with Gasteiger partial charge in [-0.05, 0) is 43.2 Å². The highest BCUT2D eigenvalue weighted by atomic mass is 79.9. The summed E-state index contributed by atoms with van der Waals surface area (Å²) < 4.78 is 1.90. The monoisotopic (exact) mass is 433 g/mol. The summed E-state index contributed by atoms with van der Waals surface area (Å²) in [6.07, 6.45) is 0. The molecule has 3 rings (SSSR count). The van der Waals surface area contributed by atoms with Gasteiger partial charge in [-0.25, -0.2) is 0 Å². The molecule has 25 heavy (non-hydrogen) atoms. The molecule has 0 bridgehead atoms. The van der Waals surface area contributed by atoms with Crippen molar-refractivity contribution >= 4 is 50.1 Å². The van der Waals surface area contributed by atoms with Crippen molar-refractivity contribution < 1.29 is 4.79 Å². The zero-order valence-corrected chi connectivity index (χ0v) is 17.0. The van der Waals surface area contributed by atoms with Gasteiger partial charge in [0.2, 0.25) is 5.13 Å². The Bertz CT molecular complexity index is 894. The summed E-state index contributed by atoms with van der Waals surface area (Å²) in [5, 5.41) is 11.6. The van der Waals surface area contributed by atoms with Crippen LogP contribution in [0.3, 0.4) is 0 Å². The first-order valence-electron chi connectivity index (χ1n) is 7.60. The van der Waals surface area contributed by atoms with Crippen molar-refractivity contribution in [2.24, 2.45) is 0 Å². The lowest BCUT2D eigenvalue weighted by molar-refractivity contribution is 0.102. The highest BCUT2D eigenvalue weighted by molar-refractivity contribution is 9.10. The van der Waals surface area contributed by atoms with Crippen molar-refractivity contribution in [1.29, 1.82) is 0 Å². The van der Waals surface area contributed by atoms with Crippen molar-refractivity contribution in [3.8, 4) is 0 Å². The van der Waals surface area contributed by atoms with Gasteiger partial charge in [-0.3, -0.25) is 10.1 Å². The van der Waals surface area contributed by atoms with Crippen LogP contribution >= 0.6 is 39.0 Å². The normalized spacial score (nSPS) is 10.7. The quantitative estimate of drug-likeness (QED) is 0.428. The van der Waals surface area contributed by atoms with Gasteiger partial charge in [0.1, 0.15) is 0 Å². The molecule has 1 aromatic heterocycles. The average Bonchev–Trinajstić information content (AvgIpc) is 3.01. The van der Waals surface area contributed by atoms with Gasteiger partial charge in [-0.2, -0.15) is 0 Å². The minimum Gasteiger partial charge on any atom is -0.296 e. The fourth-order valence-corrected chi connectivity index (χ4v) is 4.24. The number of nitrogens with zero attached hydrogens (tertiary/aromatic N) is 2. The largest absolute Gasteiger partial charge is 0.296 e. The molecular formula is C18H16BrN3OS2. The van der Waals surface area contributed by atoms with Crippen LogP contribution in [0, 0.1) is 13.8 Å². The molecule has 0 aliphatic rings. The molecule has 0 aliphatic carbocycles. The van der Waals surface area contributed by atoms with Crippen molar-refractivity contribution in [3.05, 3.63) is 69.2 Å². The van der Waals surface area contributed by atoms with E-state index in [1.165, 1.54) is 16.9 Å². The first kappa shape index (κ1) is 18.1. The molecule has 0 saturated carbocycles. The Morgan fingerprint density at radius 1 is 1.16 bits per heavy atom. The number of rotatable bonds is 5. The van der Waals surface area contributed by atoms with Crippen molar-refractivity contribution in [1.82, 2.24) is 10.2 Å². The number of anilines is 1. The summed E-state index contributed by atoms with van der Waals surface area (Å²) in [5.74, 6) is 0.658. The summed E-state index contributed by atoms with van der Waals surface area (Å²) in [6, 6.07) is 13.9. The van der Waals surface area contributed by atoms with Gasteiger partial charge in [0.25, 0.3) is 5.91 Å². The number of carbonyl (C=O) groups excluding carboxylic acids is 1. The molecule has 2 aromatic carbocycles. The molecular weight excluding hydrogens is 418 g/mol. The molecule has 128 valence electrons. The van der Waals surface area contributed by atoms with Crippen LogP contribution in [0.4, 0.5) is 5.13 Å². The number of benzene rings is 2. The van der Waals surface area contributed by atoms with Crippen molar-refractivity contribution in [3.63, 3.8) is 0 Å². The Labute approximate surface area is 163 Å². The third kappa shape index (κ3) is 4.90. The fourth-order valence-electron chi connectivity index (χ4n) is 2.28. The molecule has 3 aromatic rings. The summed E-state index contributed by atoms with van der Waals surface area (Å²) in [4.78, 5) is 12.4. The summed E-state index contributed by atoms with van der Waals surface area (Å²) in [7, 11) is 0. The van der Waals surface area contributed by atoms with Gasteiger partial charge in [0.15, 0.2) is 4.34 Å². The van der Waals surface area contributed by atoms with Crippen LogP contribution in [-0.2, 0) is 5.75 Å². The lowest BCUT2D eigenvalue weighted by Crippen LogP contribution is -2.13.